The van der Waals surface area contributed by atoms with Crippen molar-refractivity contribution in [1.29, 1.82) is 0 Å². The summed E-state index contributed by atoms with van der Waals surface area (Å²) in [7, 11) is 0. The minimum atomic E-state index is -0.198. The summed E-state index contributed by atoms with van der Waals surface area (Å²) in [6, 6.07) is 3.41. The summed E-state index contributed by atoms with van der Waals surface area (Å²) in [6.45, 7) is 6.97. The maximum Gasteiger partial charge on any atom is 0.137 e. The third kappa shape index (κ3) is 2.83. The maximum absolute atomic E-state index is 13.3. The highest BCUT2D eigenvalue weighted by molar-refractivity contribution is 9.10. The molecule has 0 bridgehead atoms. The van der Waals surface area contributed by atoms with E-state index in [1.54, 1.807) is 0 Å². The van der Waals surface area contributed by atoms with E-state index in [9.17, 15) is 4.39 Å². The maximum atomic E-state index is 13.3. The molecule has 1 aromatic rings. The van der Waals surface area contributed by atoms with Crippen LogP contribution in [0.5, 0.6) is 0 Å². The Labute approximate surface area is 105 Å². The lowest BCUT2D eigenvalue weighted by Crippen LogP contribution is -2.14. The molecule has 0 aliphatic heterocycles. The van der Waals surface area contributed by atoms with Crippen molar-refractivity contribution in [2.24, 2.45) is 11.7 Å². The first-order chi connectivity index (χ1) is 7.49. The van der Waals surface area contributed by atoms with E-state index in [4.69, 9.17) is 5.73 Å². The molecule has 0 fully saturated rings. The Balaban J connectivity index is 3.15. The highest BCUT2D eigenvalue weighted by atomic mass is 79.9. The Kier molecular flexibility index (Phi) is 4.93. The van der Waals surface area contributed by atoms with Gasteiger partial charge in [0.25, 0.3) is 0 Å². The fourth-order valence-corrected chi connectivity index (χ4v) is 2.46. The van der Waals surface area contributed by atoms with Gasteiger partial charge in [-0.25, -0.2) is 4.39 Å². The number of rotatable bonds is 4. The van der Waals surface area contributed by atoms with Gasteiger partial charge in [0.15, 0.2) is 0 Å². The molecule has 0 aromatic heterocycles. The van der Waals surface area contributed by atoms with Crippen molar-refractivity contribution in [2.45, 2.75) is 33.1 Å². The average molecular weight is 288 g/mol. The molecule has 1 rings (SSSR count). The molecule has 3 heteroatoms. The first-order valence-corrected chi connectivity index (χ1v) is 6.42. The van der Waals surface area contributed by atoms with Crippen molar-refractivity contribution in [3.63, 3.8) is 0 Å². The largest absolute Gasteiger partial charge is 0.330 e. The lowest BCUT2D eigenvalue weighted by atomic mass is 9.83. The van der Waals surface area contributed by atoms with Crippen molar-refractivity contribution in [1.82, 2.24) is 0 Å². The number of benzene rings is 1. The molecular formula is C13H19BrFN. The first-order valence-electron chi connectivity index (χ1n) is 5.63. The van der Waals surface area contributed by atoms with E-state index in [-0.39, 0.29) is 5.82 Å². The smallest absolute Gasteiger partial charge is 0.137 e. The van der Waals surface area contributed by atoms with Gasteiger partial charge in [-0.15, -0.1) is 0 Å². The molecular weight excluding hydrogens is 269 g/mol. The molecule has 0 aliphatic carbocycles. The molecule has 1 unspecified atom stereocenters. The summed E-state index contributed by atoms with van der Waals surface area (Å²) in [5.74, 6) is 0.720. The lowest BCUT2D eigenvalue weighted by Gasteiger charge is -2.23. The third-order valence-electron chi connectivity index (χ3n) is 3.06. The van der Waals surface area contributed by atoms with Gasteiger partial charge in [0.2, 0.25) is 0 Å². The SMILES string of the molecule is Cc1c(C(CCN)C(C)C)ccc(F)c1Br. The van der Waals surface area contributed by atoms with Crippen LogP contribution in [0.2, 0.25) is 0 Å². The predicted octanol–water partition coefficient (Wildman–Crippen LogP) is 3.99. The fourth-order valence-electron chi connectivity index (χ4n) is 2.10. The Morgan fingerprint density at radius 2 is 2.00 bits per heavy atom. The van der Waals surface area contributed by atoms with Gasteiger partial charge in [0.1, 0.15) is 5.82 Å². The van der Waals surface area contributed by atoms with Crippen molar-refractivity contribution >= 4 is 15.9 Å². The minimum Gasteiger partial charge on any atom is -0.330 e. The average Bonchev–Trinajstić information content (AvgIpc) is 2.24. The monoisotopic (exact) mass is 287 g/mol. The number of nitrogens with two attached hydrogens (primary N) is 1. The van der Waals surface area contributed by atoms with Gasteiger partial charge in [-0.3, -0.25) is 0 Å². The Morgan fingerprint density at radius 3 is 2.50 bits per heavy atom. The molecule has 0 saturated heterocycles. The van der Waals surface area contributed by atoms with Crippen molar-refractivity contribution in [2.75, 3.05) is 6.54 Å². The zero-order chi connectivity index (χ0) is 12.3. The topological polar surface area (TPSA) is 26.0 Å². The van der Waals surface area contributed by atoms with Gasteiger partial charge >= 0.3 is 0 Å². The van der Waals surface area contributed by atoms with Gasteiger partial charge in [-0.05, 0) is 64.8 Å². The van der Waals surface area contributed by atoms with Gasteiger partial charge in [-0.1, -0.05) is 19.9 Å². The second-order valence-electron chi connectivity index (χ2n) is 4.50. The lowest BCUT2D eigenvalue weighted by molar-refractivity contribution is 0.470. The summed E-state index contributed by atoms with van der Waals surface area (Å²) < 4.78 is 13.9. The minimum absolute atomic E-state index is 0.198. The standard InChI is InChI=1S/C13H19BrFN/c1-8(2)10(6-7-16)11-4-5-12(15)13(14)9(11)3/h4-5,8,10H,6-7,16H2,1-3H3. The second kappa shape index (κ2) is 5.78. The van der Waals surface area contributed by atoms with Crippen molar-refractivity contribution in [3.8, 4) is 0 Å². The second-order valence-corrected chi connectivity index (χ2v) is 5.30. The van der Waals surface area contributed by atoms with Gasteiger partial charge < -0.3 is 5.73 Å². The molecule has 1 atom stereocenters. The van der Waals surface area contributed by atoms with Crippen LogP contribution < -0.4 is 5.73 Å². The van der Waals surface area contributed by atoms with Crippen LogP contribution >= 0.6 is 15.9 Å². The van der Waals surface area contributed by atoms with E-state index >= 15 is 0 Å². The fraction of sp³-hybridized carbons (Fsp3) is 0.538. The summed E-state index contributed by atoms with van der Waals surface area (Å²) >= 11 is 3.29. The normalized spacial score (nSPS) is 13.2. The number of hydrogen-bond acceptors (Lipinski definition) is 1. The van der Waals surface area contributed by atoms with Crippen LogP contribution in [0.4, 0.5) is 4.39 Å². The van der Waals surface area contributed by atoms with Gasteiger partial charge in [0, 0.05) is 0 Å². The van der Waals surface area contributed by atoms with Crippen LogP contribution in [0.1, 0.15) is 37.3 Å². The summed E-state index contributed by atoms with van der Waals surface area (Å²) in [5, 5.41) is 0. The summed E-state index contributed by atoms with van der Waals surface area (Å²) in [4.78, 5) is 0. The van der Waals surface area contributed by atoms with E-state index in [0.29, 0.717) is 22.9 Å². The zero-order valence-corrected chi connectivity index (χ0v) is 11.6. The molecule has 0 radical (unpaired) electrons. The van der Waals surface area contributed by atoms with E-state index in [1.165, 1.54) is 11.6 Å². The van der Waals surface area contributed by atoms with Gasteiger partial charge in [-0.2, -0.15) is 0 Å². The van der Waals surface area contributed by atoms with E-state index < -0.39 is 0 Å². The Bertz CT molecular complexity index is 363. The highest BCUT2D eigenvalue weighted by Gasteiger charge is 2.19. The van der Waals surface area contributed by atoms with E-state index in [2.05, 4.69) is 29.8 Å². The van der Waals surface area contributed by atoms with E-state index in [0.717, 1.165) is 12.0 Å². The number of halogens is 2. The van der Waals surface area contributed by atoms with Crippen molar-refractivity contribution < 1.29 is 4.39 Å². The summed E-state index contributed by atoms with van der Waals surface area (Å²) in [6.07, 6.45) is 0.941. The molecule has 2 N–H and O–H groups in total. The molecule has 0 amide bonds. The molecule has 1 nitrogen and oxygen atoms in total. The first kappa shape index (κ1) is 13.7. The predicted molar refractivity (Wildman–Crippen MR) is 70.1 cm³/mol. The van der Waals surface area contributed by atoms with Crippen molar-refractivity contribution in [3.05, 3.63) is 33.5 Å². The quantitative estimate of drug-likeness (QED) is 0.891. The number of hydrogen-bond donors (Lipinski definition) is 1. The van der Waals surface area contributed by atoms with E-state index in [1.807, 2.05) is 13.0 Å². The van der Waals surface area contributed by atoms with Crippen LogP contribution in [0.3, 0.4) is 0 Å². The van der Waals surface area contributed by atoms with Crippen LogP contribution in [0.25, 0.3) is 0 Å². The van der Waals surface area contributed by atoms with Crippen LogP contribution in [-0.4, -0.2) is 6.54 Å². The molecule has 0 saturated carbocycles. The molecule has 90 valence electrons. The third-order valence-corrected chi connectivity index (χ3v) is 4.04. The molecule has 16 heavy (non-hydrogen) atoms. The zero-order valence-electron chi connectivity index (χ0n) is 10.1. The molecule has 0 heterocycles. The molecule has 0 spiro atoms. The van der Waals surface area contributed by atoms with Crippen LogP contribution in [-0.2, 0) is 0 Å². The molecule has 0 aliphatic rings. The van der Waals surface area contributed by atoms with Crippen LogP contribution in [0.15, 0.2) is 16.6 Å². The molecule has 1 aromatic carbocycles. The van der Waals surface area contributed by atoms with Gasteiger partial charge in [0.05, 0.1) is 4.47 Å². The Morgan fingerprint density at radius 1 is 1.38 bits per heavy atom. The Hall–Kier alpha value is -0.410. The van der Waals surface area contributed by atoms with Crippen LogP contribution in [0, 0.1) is 18.7 Å². The summed E-state index contributed by atoms with van der Waals surface area (Å²) in [5.41, 5.74) is 7.83. The highest BCUT2D eigenvalue weighted by Crippen LogP contribution is 2.33.